The minimum Gasteiger partial charge on any atom is -0.457 e. The molecule has 1 rings (SSSR count). The summed E-state index contributed by atoms with van der Waals surface area (Å²) < 4.78 is 22.9. The fourth-order valence-electron chi connectivity index (χ4n) is 7.32. The molecule has 1 fully saturated rings. The first-order chi connectivity index (χ1) is 29.4. The van der Waals surface area contributed by atoms with Gasteiger partial charge in [-0.1, -0.05) is 172 Å². The van der Waals surface area contributed by atoms with Crippen LogP contribution in [0.25, 0.3) is 0 Å². The topological polar surface area (TPSA) is 135 Å². The molecular formula is C51H92O9. The van der Waals surface area contributed by atoms with Crippen LogP contribution in [0, 0.1) is 0 Å². The van der Waals surface area contributed by atoms with E-state index in [2.05, 4.69) is 62.5 Å². The van der Waals surface area contributed by atoms with Gasteiger partial charge in [0.05, 0.1) is 19.8 Å². The Morgan fingerprint density at radius 3 is 1.43 bits per heavy atom. The highest BCUT2D eigenvalue weighted by Gasteiger charge is 2.44. The average molecular weight is 849 g/mol. The zero-order valence-electron chi connectivity index (χ0n) is 38.5. The molecule has 1 aliphatic heterocycles. The molecule has 0 radical (unpaired) electrons. The van der Waals surface area contributed by atoms with Crippen LogP contribution in [0.4, 0.5) is 0 Å². The molecule has 0 aromatic heterocycles. The molecule has 60 heavy (non-hydrogen) atoms. The fraction of sp³-hybridized carbons (Fsp3) is 0.824. The third-order valence-electron chi connectivity index (χ3n) is 11.2. The number of rotatable bonds is 42. The van der Waals surface area contributed by atoms with Gasteiger partial charge in [-0.2, -0.15) is 0 Å². The summed E-state index contributed by atoms with van der Waals surface area (Å²) in [7, 11) is 0. The van der Waals surface area contributed by atoms with Crippen LogP contribution in [-0.2, 0) is 23.7 Å². The minimum absolute atomic E-state index is 0.120. The molecule has 0 aliphatic carbocycles. The van der Waals surface area contributed by atoms with Crippen molar-refractivity contribution in [1.29, 1.82) is 0 Å². The first-order valence-corrected chi connectivity index (χ1v) is 24.7. The maximum absolute atomic E-state index is 12.8. The molecule has 1 saturated heterocycles. The first kappa shape index (κ1) is 56.2. The van der Waals surface area contributed by atoms with Gasteiger partial charge in [0.15, 0.2) is 6.29 Å². The Morgan fingerprint density at radius 2 is 0.967 bits per heavy atom. The van der Waals surface area contributed by atoms with Crippen LogP contribution in [0.2, 0.25) is 0 Å². The van der Waals surface area contributed by atoms with Crippen molar-refractivity contribution >= 4 is 5.97 Å². The molecule has 1 heterocycles. The largest absolute Gasteiger partial charge is 0.457 e. The van der Waals surface area contributed by atoms with Crippen LogP contribution in [0.1, 0.15) is 206 Å². The Morgan fingerprint density at radius 1 is 0.533 bits per heavy atom. The number of carbonyl (C=O) groups excluding carboxylic acids is 1. The normalized spacial score (nSPS) is 20.4. The summed E-state index contributed by atoms with van der Waals surface area (Å²) in [5, 5.41) is 40.2. The lowest BCUT2D eigenvalue weighted by Gasteiger charge is -2.39. The number of allylic oxidation sites excluding steroid dienone is 8. The van der Waals surface area contributed by atoms with Gasteiger partial charge < -0.3 is 39.4 Å². The van der Waals surface area contributed by atoms with Crippen LogP contribution in [0.3, 0.4) is 0 Å². The number of carbonyl (C=O) groups is 1. The highest BCUT2D eigenvalue weighted by atomic mass is 16.7. The van der Waals surface area contributed by atoms with E-state index in [9.17, 15) is 25.2 Å². The number of esters is 1. The predicted octanol–water partition coefficient (Wildman–Crippen LogP) is 11.7. The quantitative estimate of drug-likeness (QED) is 0.0269. The molecule has 9 heteroatoms. The molecule has 0 saturated carbocycles. The third kappa shape index (κ3) is 32.8. The van der Waals surface area contributed by atoms with Gasteiger partial charge in [0.1, 0.15) is 30.5 Å². The molecule has 9 nitrogen and oxygen atoms in total. The van der Waals surface area contributed by atoms with Crippen LogP contribution in [0.5, 0.6) is 0 Å². The van der Waals surface area contributed by atoms with Crippen molar-refractivity contribution in [1.82, 2.24) is 0 Å². The summed E-state index contributed by atoms with van der Waals surface area (Å²) in [6.07, 6.45) is 45.6. The van der Waals surface area contributed by atoms with Gasteiger partial charge in [-0.25, -0.2) is 0 Å². The highest BCUT2D eigenvalue weighted by molar-refractivity contribution is 5.69. The number of aliphatic hydroxyl groups excluding tert-OH is 4. The van der Waals surface area contributed by atoms with E-state index < -0.39 is 43.4 Å². The van der Waals surface area contributed by atoms with E-state index >= 15 is 0 Å². The zero-order valence-corrected chi connectivity index (χ0v) is 38.5. The average Bonchev–Trinajstić information content (AvgIpc) is 3.25. The number of hydrogen-bond donors (Lipinski definition) is 4. The molecule has 6 atom stereocenters. The van der Waals surface area contributed by atoms with E-state index in [0.717, 1.165) is 51.4 Å². The second-order valence-electron chi connectivity index (χ2n) is 16.9. The van der Waals surface area contributed by atoms with Crippen LogP contribution >= 0.6 is 0 Å². The molecule has 0 bridgehead atoms. The van der Waals surface area contributed by atoms with E-state index in [4.69, 9.17) is 18.9 Å². The van der Waals surface area contributed by atoms with Crippen LogP contribution in [0.15, 0.2) is 48.6 Å². The van der Waals surface area contributed by atoms with Crippen molar-refractivity contribution in [3.63, 3.8) is 0 Å². The first-order valence-electron chi connectivity index (χ1n) is 24.7. The maximum atomic E-state index is 12.8. The molecule has 0 amide bonds. The van der Waals surface area contributed by atoms with Gasteiger partial charge in [-0.05, 0) is 77.0 Å². The third-order valence-corrected chi connectivity index (χ3v) is 11.2. The maximum Gasteiger partial charge on any atom is 0.306 e. The fourth-order valence-corrected chi connectivity index (χ4v) is 7.32. The molecule has 0 aromatic carbocycles. The summed E-state index contributed by atoms with van der Waals surface area (Å²) in [4.78, 5) is 12.8. The summed E-state index contributed by atoms with van der Waals surface area (Å²) in [5.41, 5.74) is 0. The van der Waals surface area contributed by atoms with Gasteiger partial charge in [0.2, 0.25) is 0 Å². The lowest BCUT2D eigenvalue weighted by Crippen LogP contribution is -2.59. The molecule has 0 aromatic rings. The second-order valence-corrected chi connectivity index (χ2v) is 16.9. The molecule has 0 spiro atoms. The van der Waals surface area contributed by atoms with E-state index in [0.29, 0.717) is 13.0 Å². The monoisotopic (exact) mass is 849 g/mol. The van der Waals surface area contributed by atoms with Crippen LogP contribution < -0.4 is 0 Å². The lowest BCUT2D eigenvalue weighted by molar-refractivity contribution is -0.305. The molecule has 350 valence electrons. The molecular weight excluding hydrogens is 757 g/mol. The van der Waals surface area contributed by atoms with E-state index in [1.807, 2.05) is 0 Å². The summed E-state index contributed by atoms with van der Waals surface area (Å²) in [6, 6.07) is 0. The lowest BCUT2D eigenvalue weighted by atomic mass is 9.99. The van der Waals surface area contributed by atoms with Gasteiger partial charge in [0.25, 0.3) is 0 Å². The number of hydrogen-bond acceptors (Lipinski definition) is 9. The smallest absolute Gasteiger partial charge is 0.306 e. The Bertz CT molecular complexity index is 1060. The Hall–Kier alpha value is -1.85. The van der Waals surface area contributed by atoms with Gasteiger partial charge in [0, 0.05) is 13.0 Å². The summed E-state index contributed by atoms with van der Waals surface area (Å²) >= 11 is 0. The van der Waals surface area contributed by atoms with Crippen molar-refractivity contribution in [2.45, 2.75) is 243 Å². The van der Waals surface area contributed by atoms with Crippen molar-refractivity contribution < 1.29 is 44.2 Å². The Kier molecular flexibility index (Phi) is 39.7. The number of aliphatic hydroxyl groups is 4. The number of unbranched alkanes of at least 4 members (excludes halogenated alkanes) is 23. The zero-order chi connectivity index (χ0) is 43.6. The van der Waals surface area contributed by atoms with Crippen molar-refractivity contribution in [2.24, 2.45) is 0 Å². The van der Waals surface area contributed by atoms with E-state index in [-0.39, 0.29) is 19.2 Å². The molecule has 4 N–H and O–H groups in total. The standard InChI is InChI=1S/C51H92O9/c1-3-5-7-9-11-13-15-17-19-21-23-25-27-29-31-33-35-37-39-41-57-43-45(44-58-51-50(56)49(55)48(54)46(42-52)60-51)59-47(53)40-38-36-34-32-30-28-26-24-22-20-18-16-14-12-10-8-6-4-2/h13-16,19-22,45-46,48-52,54-56H,3-12,17-18,23-44H2,1-2H3/b15-13-,16-14-,21-19-,22-20-. The SMILES string of the molecule is CCCCCC/C=C\C/C=C\CCCCCCCCCCOCC(COC1OC(CO)C(O)C(O)C1O)OC(=O)CCCCCCCCC/C=C\C/C=C\CCCCCC. The van der Waals surface area contributed by atoms with Crippen molar-refractivity contribution in [2.75, 3.05) is 26.4 Å². The van der Waals surface area contributed by atoms with E-state index in [1.165, 1.54) is 135 Å². The highest BCUT2D eigenvalue weighted by Crippen LogP contribution is 2.22. The predicted molar refractivity (Wildman–Crippen MR) is 247 cm³/mol. The minimum atomic E-state index is -1.54. The van der Waals surface area contributed by atoms with Crippen LogP contribution in [-0.4, -0.2) is 89.6 Å². The Balaban J connectivity index is 2.24. The van der Waals surface area contributed by atoms with E-state index in [1.54, 1.807) is 0 Å². The molecule has 6 unspecified atom stereocenters. The van der Waals surface area contributed by atoms with Crippen molar-refractivity contribution in [3.05, 3.63) is 48.6 Å². The second kappa shape index (κ2) is 42.5. The summed E-state index contributed by atoms with van der Waals surface area (Å²) in [6.45, 7) is 4.52. The molecule has 1 aliphatic rings. The van der Waals surface area contributed by atoms with Crippen molar-refractivity contribution in [3.8, 4) is 0 Å². The number of ether oxygens (including phenoxy) is 4. The summed E-state index contributed by atoms with van der Waals surface area (Å²) in [5.74, 6) is -0.323. The van der Waals surface area contributed by atoms with Gasteiger partial charge >= 0.3 is 5.97 Å². The Labute approximate surface area is 367 Å². The van der Waals surface area contributed by atoms with Gasteiger partial charge in [-0.3, -0.25) is 4.79 Å². The van der Waals surface area contributed by atoms with Gasteiger partial charge in [-0.15, -0.1) is 0 Å².